The molecule has 96 valence electrons. The average molecular weight is 228 g/mol. The summed E-state index contributed by atoms with van der Waals surface area (Å²) < 4.78 is 0. The van der Waals surface area contributed by atoms with Gasteiger partial charge in [0.15, 0.2) is 0 Å². The van der Waals surface area contributed by atoms with Crippen LogP contribution in [0.2, 0.25) is 0 Å². The fourth-order valence-electron chi connectivity index (χ4n) is 2.48. The van der Waals surface area contributed by atoms with Crippen LogP contribution in [0.25, 0.3) is 0 Å². The lowest BCUT2D eigenvalue weighted by atomic mass is 10.0. The molecule has 2 unspecified atom stereocenters. The van der Waals surface area contributed by atoms with Crippen molar-refractivity contribution in [1.82, 2.24) is 9.80 Å². The highest BCUT2D eigenvalue weighted by molar-refractivity contribution is 4.83. The minimum Gasteiger partial charge on any atom is -0.393 e. The zero-order valence-electron chi connectivity index (χ0n) is 11.5. The molecule has 1 aliphatic rings. The van der Waals surface area contributed by atoms with E-state index in [1.54, 1.807) is 0 Å². The highest BCUT2D eigenvalue weighted by atomic mass is 16.3. The highest BCUT2D eigenvalue weighted by Crippen LogP contribution is 2.18. The van der Waals surface area contributed by atoms with E-state index >= 15 is 0 Å². The maximum Gasteiger partial charge on any atom is 0.0526 e. The second-order valence-electron chi connectivity index (χ2n) is 6.13. The maximum atomic E-state index is 9.40. The van der Waals surface area contributed by atoms with Crippen LogP contribution in [-0.2, 0) is 0 Å². The Morgan fingerprint density at radius 1 is 1.06 bits per heavy atom. The van der Waals surface area contributed by atoms with E-state index in [1.165, 1.54) is 0 Å². The third-order valence-corrected chi connectivity index (χ3v) is 3.57. The van der Waals surface area contributed by atoms with Crippen LogP contribution in [0.15, 0.2) is 0 Å². The number of rotatable bonds is 3. The van der Waals surface area contributed by atoms with Gasteiger partial charge in [0.1, 0.15) is 0 Å². The zero-order chi connectivity index (χ0) is 12.3. The first-order valence-corrected chi connectivity index (χ1v) is 6.48. The van der Waals surface area contributed by atoms with Gasteiger partial charge in [0.25, 0.3) is 0 Å². The van der Waals surface area contributed by atoms with Crippen molar-refractivity contribution in [3.63, 3.8) is 0 Å². The van der Waals surface area contributed by atoms with Crippen molar-refractivity contribution in [2.75, 3.05) is 26.2 Å². The standard InChI is InChI=1S/C13H28N2O/c1-11(10-12(2)16)14-6-8-15(9-7-14)13(3,4)5/h11-12,16H,6-10H2,1-5H3. The average Bonchev–Trinajstić information content (AvgIpc) is 2.15. The van der Waals surface area contributed by atoms with Crippen LogP contribution in [-0.4, -0.2) is 58.8 Å². The maximum absolute atomic E-state index is 9.40. The molecule has 1 heterocycles. The van der Waals surface area contributed by atoms with Crippen LogP contribution in [0.3, 0.4) is 0 Å². The van der Waals surface area contributed by atoms with Crippen LogP contribution >= 0.6 is 0 Å². The van der Waals surface area contributed by atoms with E-state index in [9.17, 15) is 5.11 Å². The molecule has 0 bridgehead atoms. The number of hydrogen-bond donors (Lipinski definition) is 1. The Labute approximate surface area is 100 Å². The normalized spacial score (nSPS) is 24.4. The first kappa shape index (κ1) is 13.9. The first-order chi connectivity index (χ1) is 7.30. The Hall–Kier alpha value is -0.120. The topological polar surface area (TPSA) is 26.7 Å². The third-order valence-electron chi connectivity index (χ3n) is 3.57. The summed E-state index contributed by atoms with van der Waals surface area (Å²) in [7, 11) is 0. The molecule has 1 fully saturated rings. The third kappa shape index (κ3) is 4.04. The largest absolute Gasteiger partial charge is 0.393 e. The lowest BCUT2D eigenvalue weighted by molar-refractivity contribution is 0.0331. The molecule has 1 aliphatic heterocycles. The van der Waals surface area contributed by atoms with E-state index in [2.05, 4.69) is 37.5 Å². The van der Waals surface area contributed by atoms with Gasteiger partial charge in [-0.25, -0.2) is 0 Å². The van der Waals surface area contributed by atoms with E-state index in [4.69, 9.17) is 0 Å². The molecule has 1 N–H and O–H groups in total. The first-order valence-electron chi connectivity index (χ1n) is 6.48. The summed E-state index contributed by atoms with van der Waals surface area (Å²) in [5.74, 6) is 0. The molecule has 1 saturated heterocycles. The van der Waals surface area contributed by atoms with Crippen molar-refractivity contribution in [3.8, 4) is 0 Å². The summed E-state index contributed by atoms with van der Waals surface area (Å²) in [5, 5.41) is 9.40. The van der Waals surface area contributed by atoms with Crippen molar-refractivity contribution >= 4 is 0 Å². The lowest BCUT2D eigenvalue weighted by Gasteiger charge is -2.44. The highest BCUT2D eigenvalue weighted by Gasteiger charge is 2.27. The van der Waals surface area contributed by atoms with Crippen LogP contribution < -0.4 is 0 Å². The molecule has 3 heteroatoms. The van der Waals surface area contributed by atoms with Gasteiger partial charge in [-0.05, 0) is 41.0 Å². The smallest absolute Gasteiger partial charge is 0.0526 e. The van der Waals surface area contributed by atoms with Crippen molar-refractivity contribution in [1.29, 1.82) is 0 Å². The second-order valence-corrected chi connectivity index (χ2v) is 6.13. The Bertz CT molecular complexity index is 202. The van der Waals surface area contributed by atoms with Crippen LogP contribution in [0.5, 0.6) is 0 Å². The quantitative estimate of drug-likeness (QED) is 0.794. The van der Waals surface area contributed by atoms with Gasteiger partial charge < -0.3 is 5.11 Å². The van der Waals surface area contributed by atoms with E-state index in [1.807, 2.05) is 6.92 Å². The minimum atomic E-state index is -0.185. The SMILES string of the molecule is CC(O)CC(C)N1CCN(C(C)(C)C)CC1. The number of hydrogen-bond acceptors (Lipinski definition) is 3. The Morgan fingerprint density at radius 2 is 1.56 bits per heavy atom. The molecule has 2 atom stereocenters. The molecule has 0 aromatic heterocycles. The monoisotopic (exact) mass is 228 g/mol. The predicted octanol–water partition coefficient (Wildman–Crippen LogP) is 1.56. The van der Waals surface area contributed by atoms with Gasteiger partial charge in [0, 0.05) is 37.8 Å². The van der Waals surface area contributed by atoms with Gasteiger partial charge in [-0.3, -0.25) is 9.80 Å². The second kappa shape index (κ2) is 5.48. The molecule has 0 spiro atoms. The summed E-state index contributed by atoms with van der Waals surface area (Å²) in [6, 6.07) is 0.502. The summed E-state index contributed by atoms with van der Waals surface area (Å²) in [5.41, 5.74) is 0.291. The number of aliphatic hydroxyl groups is 1. The van der Waals surface area contributed by atoms with E-state index in [0.717, 1.165) is 32.6 Å². The van der Waals surface area contributed by atoms with Crippen LogP contribution in [0, 0.1) is 0 Å². The summed E-state index contributed by atoms with van der Waals surface area (Å²) in [6.07, 6.45) is 0.700. The van der Waals surface area contributed by atoms with Crippen molar-refractivity contribution in [3.05, 3.63) is 0 Å². The number of aliphatic hydroxyl groups excluding tert-OH is 1. The molecule has 1 rings (SSSR count). The van der Waals surface area contributed by atoms with Gasteiger partial charge in [0.05, 0.1) is 6.10 Å². The molecule has 0 aromatic rings. The Morgan fingerprint density at radius 3 is 1.94 bits per heavy atom. The number of piperazine rings is 1. The molecule has 0 aromatic carbocycles. The summed E-state index contributed by atoms with van der Waals surface area (Å²) in [6.45, 7) is 15.5. The summed E-state index contributed by atoms with van der Waals surface area (Å²) in [4.78, 5) is 5.04. The predicted molar refractivity (Wildman–Crippen MR) is 68.7 cm³/mol. The summed E-state index contributed by atoms with van der Waals surface area (Å²) >= 11 is 0. The van der Waals surface area contributed by atoms with Gasteiger partial charge in [0.2, 0.25) is 0 Å². The van der Waals surface area contributed by atoms with Crippen LogP contribution in [0.1, 0.15) is 41.0 Å². The van der Waals surface area contributed by atoms with Crippen molar-refractivity contribution in [2.45, 2.75) is 58.7 Å². The zero-order valence-corrected chi connectivity index (χ0v) is 11.5. The molecule has 0 radical (unpaired) electrons. The van der Waals surface area contributed by atoms with Crippen molar-refractivity contribution < 1.29 is 5.11 Å². The molecular formula is C13H28N2O. The van der Waals surface area contributed by atoms with Crippen LogP contribution in [0.4, 0.5) is 0 Å². The van der Waals surface area contributed by atoms with E-state index < -0.39 is 0 Å². The molecular weight excluding hydrogens is 200 g/mol. The molecule has 0 saturated carbocycles. The van der Waals surface area contributed by atoms with Gasteiger partial charge in [-0.2, -0.15) is 0 Å². The lowest BCUT2D eigenvalue weighted by Crippen LogP contribution is -2.55. The fraction of sp³-hybridized carbons (Fsp3) is 1.00. The molecule has 3 nitrogen and oxygen atoms in total. The minimum absolute atomic E-state index is 0.185. The Balaban J connectivity index is 2.37. The van der Waals surface area contributed by atoms with Crippen molar-refractivity contribution in [2.24, 2.45) is 0 Å². The Kier molecular flexibility index (Phi) is 4.77. The molecule has 0 amide bonds. The van der Waals surface area contributed by atoms with E-state index in [0.29, 0.717) is 11.6 Å². The van der Waals surface area contributed by atoms with Gasteiger partial charge in [-0.15, -0.1) is 0 Å². The fourth-order valence-corrected chi connectivity index (χ4v) is 2.48. The molecule has 0 aliphatic carbocycles. The van der Waals surface area contributed by atoms with E-state index in [-0.39, 0.29) is 6.10 Å². The number of nitrogens with zero attached hydrogens (tertiary/aromatic N) is 2. The van der Waals surface area contributed by atoms with Gasteiger partial charge in [-0.1, -0.05) is 0 Å². The van der Waals surface area contributed by atoms with Gasteiger partial charge >= 0.3 is 0 Å². The molecule has 16 heavy (non-hydrogen) atoms.